The number of amides is 3. The number of alkyl carbamates (subject to hydrolysis) is 1. The molecule has 0 aliphatic carbocycles. The monoisotopic (exact) mass is 504 g/mol. The fourth-order valence-electron chi connectivity index (χ4n) is 3.81. The van der Waals surface area contributed by atoms with Crippen molar-refractivity contribution in [2.75, 3.05) is 7.05 Å². The molecule has 0 spiro atoms. The van der Waals surface area contributed by atoms with Crippen molar-refractivity contribution in [3.05, 3.63) is 62.2 Å². The highest BCUT2D eigenvalue weighted by molar-refractivity contribution is 8.05. The summed E-state index contributed by atoms with van der Waals surface area (Å²) in [6.45, 7) is 2.82. The zero-order valence-corrected chi connectivity index (χ0v) is 20.0. The Morgan fingerprint density at radius 3 is 2.60 bits per heavy atom. The molecule has 1 aromatic rings. The van der Waals surface area contributed by atoms with Gasteiger partial charge >= 0.3 is 12.1 Å². The van der Waals surface area contributed by atoms with Gasteiger partial charge in [0.05, 0.1) is 16.9 Å². The first kappa shape index (κ1) is 25.7. The molecule has 186 valence electrons. The maximum atomic E-state index is 13.0. The first-order valence-corrected chi connectivity index (χ1v) is 11.5. The number of nitrogens with zero attached hydrogens (tertiary/aromatic N) is 2. The molecule has 35 heavy (non-hydrogen) atoms. The molecule has 3 atom stereocenters. The number of hydrogen-bond acceptors (Lipinski definition) is 9. The van der Waals surface area contributed by atoms with Gasteiger partial charge in [-0.2, -0.15) is 0 Å². The number of carbonyl (C=O) groups is 4. The number of non-ortho nitro benzene ring substituents is 1. The van der Waals surface area contributed by atoms with Crippen molar-refractivity contribution in [1.82, 2.24) is 15.5 Å². The molecule has 0 bridgehead atoms. The lowest BCUT2D eigenvalue weighted by atomic mass is 9.83. The van der Waals surface area contributed by atoms with Gasteiger partial charge in [0.1, 0.15) is 18.4 Å². The molecule has 0 aromatic heterocycles. The lowest BCUT2D eigenvalue weighted by molar-refractivity contribution is -0.384. The summed E-state index contributed by atoms with van der Waals surface area (Å²) in [5.74, 6) is -1.98. The lowest BCUT2D eigenvalue weighted by Gasteiger charge is -2.45. The van der Waals surface area contributed by atoms with Crippen LogP contribution in [0.3, 0.4) is 0 Å². The third-order valence-electron chi connectivity index (χ3n) is 5.45. The van der Waals surface area contributed by atoms with E-state index in [9.17, 15) is 29.3 Å². The minimum atomic E-state index is -0.729. The molecule has 3 amide bonds. The number of benzene rings is 1. The van der Waals surface area contributed by atoms with Gasteiger partial charge in [-0.05, 0) is 30.0 Å². The third kappa shape index (κ3) is 5.80. The number of ether oxygens (including phenoxy) is 2. The first-order chi connectivity index (χ1) is 16.6. The van der Waals surface area contributed by atoms with Gasteiger partial charge in [-0.25, -0.2) is 9.59 Å². The number of fused-ring (bicyclic) bond motifs is 1. The van der Waals surface area contributed by atoms with E-state index in [0.717, 1.165) is 0 Å². The van der Waals surface area contributed by atoms with Gasteiger partial charge < -0.3 is 25.0 Å². The van der Waals surface area contributed by atoms with Crippen LogP contribution >= 0.6 is 11.8 Å². The van der Waals surface area contributed by atoms with Gasteiger partial charge in [0.2, 0.25) is 11.8 Å². The minimum Gasteiger partial charge on any atom is -0.456 e. The molecule has 2 N–H and O–H groups in total. The largest absolute Gasteiger partial charge is 0.456 e. The van der Waals surface area contributed by atoms with Crippen LogP contribution in [0.15, 0.2) is 46.5 Å². The Balaban J connectivity index is 1.75. The molecular weight excluding hydrogens is 480 g/mol. The van der Waals surface area contributed by atoms with E-state index in [-0.39, 0.29) is 35.8 Å². The summed E-state index contributed by atoms with van der Waals surface area (Å²) in [7, 11) is 1.41. The van der Waals surface area contributed by atoms with Crippen molar-refractivity contribution in [3.63, 3.8) is 0 Å². The number of nitro benzene ring substituents is 1. The van der Waals surface area contributed by atoms with Crippen molar-refractivity contribution in [3.8, 4) is 0 Å². The highest BCUT2D eigenvalue weighted by atomic mass is 32.2. The Hall–Kier alpha value is -3.87. The number of hydrogen-bond donors (Lipinski definition) is 2. The van der Waals surface area contributed by atoms with E-state index in [1.165, 1.54) is 61.1 Å². The third-order valence-corrected chi connectivity index (χ3v) is 6.36. The predicted molar refractivity (Wildman–Crippen MR) is 124 cm³/mol. The quantitative estimate of drug-likeness (QED) is 0.222. The molecule has 0 radical (unpaired) electrons. The Kier molecular flexibility index (Phi) is 8.12. The van der Waals surface area contributed by atoms with Gasteiger partial charge in [0, 0.05) is 43.6 Å². The summed E-state index contributed by atoms with van der Waals surface area (Å²) >= 11 is 1.17. The average Bonchev–Trinajstić information content (AvgIpc) is 3.14. The molecule has 0 saturated carbocycles. The van der Waals surface area contributed by atoms with Crippen molar-refractivity contribution in [2.24, 2.45) is 5.92 Å². The summed E-state index contributed by atoms with van der Waals surface area (Å²) in [6.07, 6.45) is 0.395. The van der Waals surface area contributed by atoms with Crippen molar-refractivity contribution in [2.45, 2.75) is 39.0 Å². The summed E-state index contributed by atoms with van der Waals surface area (Å²) in [4.78, 5) is 60.8. The second-order valence-electron chi connectivity index (χ2n) is 7.76. The fourth-order valence-corrected chi connectivity index (χ4v) is 4.67. The Morgan fingerprint density at radius 1 is 1.31 bits per heavy atom. The second-order valence-corrected chi connectivity index (χ2v) is 8.76. The molecule has 2 aliphatic rings. The second kappa shape index (κ2) is 11.0. The van der Waals surface area contributed by atoms with Crippen LogP contribution in [0.5, 0.6) is 0 Å². The smallest absolute Gasteiger partial charge is 0.407 e. The molecule has 1 saturated heterocycles. The Morgan fingerprint density at radius 2 is 2.00 bits per heavy atom. The maximum absolute atomic E-state index is 13.0. The van der Waals surface area contributed by atoms with Gasteiger partial charge in [-0.1, -0.05) is 11.8 Å². The van der Waals surface area contributed by atoms with E-state index in [1.807, 2.05) is 0 Å². The molecule has 2 heterocycles. The van der Waals surface area contributed by atoms with Crippen LogP contribution in [0.2, 0.25) is 0 Å². The van der Waals surface area contributed by atoms with Crippen LogP contribution in [0, 0.1) is 16.0 Å². The van der Waals surface area contributed by atoms with Gasteiger partial charge in [-0.15, -0.1) is 0 Å². The van der Waals surface area contributed by atoms with E-state index in [4.69, 9.17) is 9.47 Å². The van der Waals surface area contributed by atoms with Crippen LogP contribution in [-0.4, -0.2) is 52.9 Å². The number of nitrogens with one attached hydrogen (secondary N) is 2. The predicted octanol–water partition coefficient (Wildman–Crippen LogP) is 2.17. The van der Waals surface area contributed by atoms with E-state index in [1.54, 1.807) is 12.3 Å². The van der Waals surface area contributed by atoms with Crippen molar-refractivity contribution >= 4 is 41.3 Å². The van der Waals surface area contributed by atoms with Crippen LogP contribution in [-0.2, 0) is 30.5 Å². The van der Waals surface area contributed by atoms with E-state index >= 15 is 0 Å². The molecule has 2 aliphatic heterocycles. The van der Waals surface area contributed by atoms with Crippen molar-refractivity contribution < 1.29 is 33.6 Å². The van der Waals surface area contributed by atoms with Crippen LogP contribution in [0.1, 0.15) is 25.8 Å². The summed E-state index contributed by atoms with van der Waals surface area (Å²) in [5.41, 5.74) is 0.540. The highest BCUT2D eigenvalue weighted by Crippen LogP contribution is 2.48. The number of carbonyl (C=O) groups excluding carboxylic acids is 4. The molecule has 0 unspecified atom stereocenters. The maximum Gasteiger partial charge on any atom is 0.407 e. The Labute approximate surface area is 204 Å². The minimum absolute atomic E-state index is 0.0859. The summed E-state index contributed by atoms with van der Waals surface area (Å²) in [6, 6.07) is 5.18. The zero-order valence-electron chi connectivity index (χ0n) is 19.2. The first-order valence-electron chi connectivity index (χ1n) is 10.6. The topological polar surface area (TPSA) is 157 Å². The van der Waals surface area contributed by atoms with Gasteiger partial charge in [-0.3, -0.25) is 19.7 Å². The zero-order chi connectivity index (χ0) is 25.7. The SMILES string of the molecule is CNC(=O)O[C@@H](C)[C@H]1C(=O)N2C(C(=O)OCc3ccc([N+](=O)[O-])cc3)=C(S/C=C/NC(C)=O)C[C@H]12. The Bertz CT molecular complexity index is 1100. The molecule has 1 fully saturated rings. The van der Waals surface area contributed by atoms with Crippen molar-refractivity contribution in [1.29, 1.82) is 0 Å². The molecule has 1 aromatic carbocycles. The summed E-state index contributed by atoms with van der Waals surface area (Å²) < 4.78 is 10.6. The number of β-lactam (4-membered cyclic amide) rings is 1. The molecular formula is C22H24N4O8S. The summed E-state index contributed by atoms with van der Waals surface area (Å²) in [5, 5.41) is 17.2. The van der Waals surface area contributed by atoms with E-state index in [0.29, 0.717) is 16.9 Å². The standard InChI is InChI=1S/C22H24N4O8S/c1-12(34-22(30)23-3)18-16-10-17(35-9-8-24-13(2)27)19(25(16)20(18)28)21(29)33-11-14-4-6-15(7-5-14)26(31)32/h4-9,12,16,18H,10-11H2,1-3H3,(H,23,30)(H,24,27)/b9-8+/t12-,16+,18+/m0/s1. The number of rotatable bonds is 9. The average molecular weight is 505 g/mol. The molecule has 3 rings (SSSR count). The normalized spacial score (nSPS) is 19.6. The fraction of sp³-hybridized carbons (Fsp3) is 0.364. The molecule has 12 nitrogen and oxygen atoms in total. The van der Waals surface area contributed by atoms with Crippen LogP contribution in [0.4, 0.5) is 10.5 Å². The lowest BCUT2D eigenvalue weighted by Crippen LogP contribution is -2.62. The van der Waals surface area contributed by atoms with E-state index < -0.39 is 29.0 Å². The van der Waals surface area contributed by atoms with Gasteiger partial charge in [0.15, 0.2) is 0 Å². The number of esters is 1. The molecule has 13 heteroatoms. The number of thioether (sulfide) groups is 1. The number of nitro groups is 1. The highest BCUT2D eigenvalue weighted by Gasteiger charge is 2.58. The van der Waals surface area contributed by atoms with E-state index in [2.05, 4.69) is 10.6 Å². The van der Waals surface area contributed by atoms with Crippen LogP contribution < -0.4 is 10.6 Å². The van der Waals surface area contributed by atoms with Gasteiger partial charge in [0.25, 0.3) is 5.69 Å². The van der Waals surface area contributed by atoms with Crippen LogP contribution in [0.25, 0.3) is 0 Å².